The monoisotopic (exact) mass is 1420 g/mol. The van der Waals surface area contributed by atoms with E-state index in [-0.39, 0.29) is 122 Å². The molecule has 0 unspecified atom stereocenters. The Hall–Kier alpha value is -7.90. The van der Waals surface area contributed by atoms with Crippen LogP contribution in [0.3, 0.4) is 0 Å². The maximum atomic E-state index is 13.3. The molecule has 0 spiro atoms. The normalized spacial score (nSPS) is 22.3. The predicted octanol–water partition coefficient (Wildman–Crippen LogP) is 4.42. The van der Waals surface area contributed by atoms with Crippen LogP contribution in [0.1, 0.15) is 119 Å². The van der Waals surface area contributed by atoms with Gasteiger partial charge in [0.2, 0.25) is 17.7 Å². The van der Waals surface area contributed by atoms with Crippen molar-refractivity contribution in [3.8, 4) is 0 Å². The van der Waals surface area contributed by atoms with Gasteiger partial charge in [-0.1, -0.05) is 166 Å². The zero-order valence-electron chi connectivity index (χ0n) is 58.1. The lowest BCUT2D eigenvalue weighted by Gasteiger charge is -2.43. The first kappa shape index (κ1) is 88.3. The van der Waals surface area contributed by atoms with Gasteiger partial charge in [0, 0.05) is 49.1 Å². The van der Waals surface area contributed by atoms with Gasteiger partial charge in [-0.15, -0.1) is 0 Å². The van der Waals surface area contributed by atoms with Crippen molar-refractivity contribution in [1.29, 1.82) is 0 Å². The molecular formula is C68H105B4N13O17. The van der Waals surface area contributed by atoms with Crippen LogP contribution in [0.15, 0.2) is 132 Å². The summed E-state index contributed by atoms with van der Waals surface area (Å²) in [7, 11) is -4.69. The van der Waals surface area contributed by atoms with Crippen molar-refractivity contribution in [3.63, 3.8) is 0 Å². The Balaban J connectivity index is 0.000000373. The average molecular weight is 1420 g/mol. The fraction of sp³-hybridized carbons (Fsp3) is 0.559. The molecule has 102 heavy (non-hydrogen) atoms. The van der Waals surface area contributed by atoms with Gasteiger partial charge >= 0.3 is 46.4 Å². The molecule has 4 aliphatic heterocycles. The number of rotatable bonds is 24. The van der Waals surface area contributed by atoms with E-state index in [9.17, 15) is 44.3 Å². The molecule has 0 saturated carbocycles. The molecule has 4 heterocycles. The SMILES string of the molecule is C.C.C[C@H](N)C(=O)N1C[C@H](CCB(O)O)C[C@](N)(C(=O)OCc2ccccc2)C1.C[C@H](N)C(=O)N1C[C@H](CCB(O)O)C[C@](N=[N+]=[N-])(C(=O)OCc2ccccc2)C1.C[C@H](N)C(=O)N1C[C@H](CCB2OC(C)(C)C(C)(C)O2)C[C@](N=[N+]=[N-])(C(=O)OCc2ccccc2)C1.OB(O)c1ccccc1. The van der Waals surface area contributed by atoms with Crippen molar-refractivity contribution in [1.82, 2.24) is 14.7 Å². The van der Waals surface area contributed by atoms with Gasteiger partial charge in [0.05, 0.1) is 29.3 Å². The third kappa shape index (κ3) is 26.7. The largest absolute Gasteiger partial charge is 0.488 e. The third-order valence-corrected chi connectivity index (χ3v) is 18.0. The van der Waals surface area contributed by atoms with E-state index in [0.29, 0.717) is 50.6 Å². The van der Waals surface area contributed by atoms with E-state index >= 15 is 0 Å². The van der Waals surface area contributed by atoms with Crippen LogP contribution in [0.4, 0.5) is 0 Å². The molecule has 4 fully saturated rings. The lowest BCUT2D eigenvalue weighted by Crippen LogP contribution is -2.64. The number of benzene rings is 4. The molecule has 8 rings (SSSR count). The Morgan fingerprint density at radius 1 is 0.529 bits per heavy atom. The molecule has 556 valence electrons. The topological polar surface area (TPSA) is 481 Å². The number of piperidine rings is 3. The molecule has 3 amide bonds. The summed E-state index contributed by atoms with van der Waals surface area (Å²) in [6.07, 6.45) is 2.83. The van der Waals surface area contributed by atoms with Crippen LogP contribution >= 0.6 is 0 Å². The summed E-state index contributed by atoms with van der Waals surface area (Å²) in [4.78, 5) is 86.8. The molecule has 0 bridgehead atoms. The van der Waals surface area contributed by atoms with Gasteiger partial charge in [-0.05, 0) is 138 Å². The molecule has 0 aliphatic carbocycles. The fourth-order valence-corrected chi connectivity index (χ4v) is 12.2. The second-order valence-corrected chi connectivity index (χ2v) is 27.2. The van der Waals surface area contributed by atoms with Crippen molar-refractivity contribution in [2.45, 2.75) is 187 Å². The van der Waals surface area contributed by atoms with Gasteiger partial charge in [0.25, 0.3) is 0 Å². The molecule has 0 radical (unpaired) electrons. The average Bonchev–Trinajstić information content (AvgIpc) is 0.921. The van der Waals surface area contributed by atoms with Crippen molar-refractivity contribution < 1.29 is 82.4 Å². The molecule has 9 atom stereocenters. The highest BCUT2D eigenvalue weighted by atomic mass is 16.7. The second kappa shape index (κ2) is 41.4. The van der Waals surface area contributed by atoms with E-state index < -0.39 is 92.3 Å². The first-order chi connectivity index (χ1) is 47.2. The standard InChI is InChI=1S/C24H36BN5O5.C18H26BN5O5.C18H28BN3O5.C6H7BO2.2CH4/c1-17(26)20(31)30-14-19(11-12-25-34-22(2,3)23(4,5)35-25)13-24(16-30,28-29-27)21(32)33-15-18-9-7-6-8-10-18;1-13(20)16(25)24-10-15(7-8-19(27)28)9-18(12-24,22-23-21)17(26)29-11-14-5-3-2-4-6-14;1-13(20)16(23)22-10-15(7-8-19(25)26)9-18(21,12-22)17(24)27-11-14-5-3-2-4-6-14;8-7(9)6-4-2-1-3-5-6;;/h6-10,17,19H,11-16,26H2,1-5H3;2-6,13,15,27-28H,7-12,20H2,1H3;2-6,13,15,25-26H,7-12,20-21H2,1H3;1-5,8-9H;2*1H4/t17-,19+,24+;2*13-,15+,18+;;;/m000.../s1. The molecule has 34 heteroatoms. The highest BCUT2D eigenvalue weighted by Gasteiger charge is 2.53. The van der Waals surface area contributed by atoms with E-state index in [2.05, 4.69) is 20.1 Å². The summed E-state index contributed by atoms with van der Waals surface area (Å²) >= 11 is 0. The van der Waals surface area contributed by atoms with E-state index in [0.717, 1.165) is 16.7 Å². The molecule has 4 aromatic rings. The van der Waals surface area contributed by atoms with Crippen LogP contribution in [0.5, 0.6) is 0 Å². The zero-order chi connectivity index (χ0) is 74.0. The summed E-state index contributed by atoms with van der Waals surface area (Å²) in [6.45, 7) is 13.7. The molecule has 30 nitrogen and oxygen atoms in total. The minimum Gasteiger partial charge on any atom is -0.460 e. The van der Waals surface area contributed by atoms with E-state index in [1.54, 1.807) is 50.2 Å². The first-order valence-corrected chi connectivity index (χ1v) is 33.3. The molecular weight excluding hydrogens is 1310 g/mol. The molecule has 4 aromatic carbocycles. The summed E-state index contributed by atoms with van der Waals surface area (Å²) in [6, 6.07) is 34.0. The number of likely N-dealkylation sites (tertiary alicyclic amines) is 3. The molecule has 0 aromatic heterocycles. The van der Waals surface area contributed by atoms with Crippen LogP contribution in [0, 0.1) is 17.8 Å². The van der Waals surface area contributed by atoms with Crippen LogP contribution < -0.4 is 28.4 Å². The van der Waals surface area contributed by atoms with Crippen molar-refractivity contribution >= 4 is 69.6 Å². The Morgan fingerprint density at radius 3 is 1.16 bits per heavy atom. The molecule has 4 saturated heterocycles. The number of hydrogen-bond acceptors (Lipinski definition) is 23. The quantitative estimate of drug-likeness (QED) is 0.0116. The van der Waals surface area contributed by atoms with Crippen molar-refractivity contribution in [2.75, 3.05) is 39.3 Å². The molecule has 14 N–H and O–H groups in total. The summed E-state index contributed by atoms with van der Waals surface area (Å²) in [5.74, 6) is -3.53. The van der Waals surface area contributed by atoms with Crippen molar-refractivity contribution in [2.24, 2.45) is 50.9 Å². The van der Waals surface area contributed by atoms with Crippen LogP contribution in [-0.4, -0.2) is 194 Å². The van der Waals surface area contributed by atoms with Gasteiger partial charge < -0.3 is 91.3 Å². The van der Waals surface area contributed by atoms with Crippen molar-refractivity contribution in [3.05, 3.63) is 159 Å². The fourth-order valence-electron chi connectivity index (χ4n) is 12.2. The number of amides is 3. The van der Waals surface area contributed by atoms with E-state index in [1.807, 2.05) is 113 Å². The Bertz CT molecular complexity index is 3350. The Morgan fingerprint density at radius 2 is 0.843 bits per heavy atom. The van der Waals surface area contributed by atoms with E-state index in [4.69, 9.17) is 72.1 Å². The maximum Gasteiger partial charge on any atom is 0.488 e. The third-order valence-electron chi connectivity index (χ3n) is 18.0. The number of esters is 3. The lowest BCUT2D eigenvalue weighted by atomic mass is 9.74. The van der Waals surface area contributed by atoms with Crippen LogP contribution in [0.2, 0.25) is 19.0 Å². The number of nitrogens with zero attached hydrogens (tertiary/aromatic N) is 9. The van der Waals surface area contributed by atoms with Crippen LogP contribution in [0.25, 0.3) is 20.9 Å². The zero-order valence-corrected chi connectivity index (χ0v) is 58.1. The van der Waals surface area contributed by atoms with Gasteiger partial charge in [0.15, 0.2) is 11.1 Å². The number of carbonyl (C=O) groups excluding carboxylic acids is 6. The first-order valence-electron chi connectivity index (χ1n) is 33.3. The highest BCUT2D eigenvalue weighted by Crippen LogP contribution is 2.41. The Kier molecular flexibility index (Phi) is 35.9. The number of azide groups is 2. The minimum absolute atomic E-state index is 0. The number of nitrogens with two attached hydrogens (primary N) is 4. The summed E-state index contributed by atoms with van der Waals surface area (Å²) in [5, 5.41) is 61.4. The smallest absolute Gasteiger partial charge is 0.460 e. The highest BCUT2D eigenvalue weighted by molar-refractivity contribution is 6.58. The number of carbonyl (C=O) groups is 6. The minimum atomic E-state index is -1.60. The Labute approximate surface area is 599 Å². The maximum absolute atomic E-state index is 13.3. The number of ether oxygens (including phenoxy) is 3. The summed E-state index contributed by atoms with van der Waals surface area (Å²) in [5.41, 5.74) is 39.7. The molecule has 4 aliphatic rings. The van der Waals surface area contributed by atoms with Gasteiger partial charge in [0.1, 0.15) is 25.4 Å². The van der Waals surface area contributed by atoms with Gasteiger partial charge in [-0.3, -0.25) is 24.0 Å². The van der Waals surface area contributed by atoms with Gasteiger partial charge in [-0.2, -0.15) is 0 Å². The van der Waals surface area contributed by atoms with E-state index in [1.165, 1.54) is 21.6 Å². The second-order valence-electron chi connectivity index (χ2n) is 27.2. The van der Waals surface area contributed by atoms with Gasteiger partial charge in [-0.25, -0.2) is 4.79 Å². The summed E-state index contributed by atoms with van der Waals surface area (Å²) < 4.78 is 28.6. The predicted molar refractivity (Wildman–Crippen MR) is 389 cm³/mol. The van der Waals surface area contributed by atoms with Crippen LogP contribution in [-0.2, 0) is 72.1 Å². The number of hydrogen-bond donors (Lipinski definition) is 10. The lowest BCUT2D eigenvalue weighted by molar-refractivity contribution is -0.157.